The van der Waals surface area contributed by atoms with Crippen LogP contribution in [0.3, 0.4) is 0 Å². The Morgan fingerprint density at radius 1 is 1.27 bits per heavy atom. The lowest BCUT2D eigenvalue weighted by Gasteiger charge is -2.28. The van der Waals surface area contributed by atoms with Crippen LogP contribution >= 0.6 is 0 Å². The van der Waals surface area contributed by atoms with Crippen molar-refractivity contribution in [2.45, 2.75) is 31.7 Å². The van der Waals surface area contributed by atoms with E-state index in [9.17, 15) is 9.59 Å². The number of morpholine rings is 1. The molecular weight excluding hydrogens is 336 g/mol. The van der Waals surface area contributed by atoms with E-state index in [1.807, 2.05) is 4.90 Å². The molecule has 2 aliphatic heterocycles. The van der Waals surface area contributed by atoms with Gasteiger partial charge in [-0.15, -0.1) is 0 Å². The normalized spacial score (nSPS) is 26.9. The molecule has 0 aromatic carbocycles. The SMILES string of the molecule is CC1CN(CC(=O)N2CCOCC2)CC1NC(=O)c1cc(C2CC2)on1. The Morgan fingerprint density at radius 2 is 2.04 bits per heavy atom. The zero-order chi connectivity index (χ0) is 18.1. The van der Waals surface area contributed by atoms with Gasteiger partial charge < -0.3 is 19.5 Å². The van der Waals surface area contributed by atoms with Crippen LogP contribution in [0.4, 0.5) is 0 Å². The van der Waals surface area contributed by atoms with Gasteiger partial charge in [0.15, 0.2) is 5.69 Å². The van der Waals surface area contributed by atoms with E-state index in [1.54, 1.807) is 6.07 Å². The highest BCUT2D eigenvalue weighted by Gasteiger charge is 2.34. The molecule has 2 saturated heterocycles. The summed E-state index contributed by atoms with van der Waals surface area (Å²) < 4.78 is 10.6. The first kappa shape index (κ1) is 17.5. The average molecular weight is 362 g/mol. The summed E-state index contributed by atoms with van der Waals surface area (Å²) in [5.74, 6) is 1.48. The van der Waals surface area contributed by atoms with E-state index in [4.69, 9.17) is 9.26 Å². The highest BCUT2D eigenvalue weighted by molar-refractivity contribution is 5.92. The Morgan fingerprint density at radius 3 is 2.77 bits per heavy atom. The zero-order valence-electron chi connectivity index (χ0n) is 15.1. The van der Waals surface area contributed by atoms with Gasteiger partial charge in [0.1, 0.15) is 5.76 Å². The van der Waals surface area contributed by atoms with E-state index in [-0.39, 0.29) is 23.8 Å². The molecule has 1 saturated carbocycles. The predicted octanol–water partition coefficient (Wildman–Crippen LogP) is 0.461. The minimum absolute atomic E-state index is 0.0149. The van der Waals surface area contributed by atoms with Crippen molar-refractivity contribution in [3.63, 3.8) is 0 Å². The number of aromatic nitrogens is 1. The van der Waals surface area contributed by atoms with E-state index < -0.39 is 0 Å². The lowest BCUT2D eigenvalue weighted by Crippen LogP contribution is -2.46. The van der Waals surface area contributed by atoms with Crippen LogP contribution < -0.4 is 5.32 Å². The standard InChI is InChI=1S/C18H26N4O4/c1-12-9-21(11-17(23)22-4-6-25-7-5-22)10-15(12)19-18(24)14-8-16(26-20-14)13-2-3-13/h8,12-13,15H,2-7,9-11H2,1H3,(H,19,24). The number of amides is 2. The maximum atomic E-state index is 12.4. The molecule has 4 rings (SSSR count). The average Bonchev–Trinajstić information content (AvgIpc) is 3.27. The van der Waals surface area contributed by atoms with Gasteiger partial charge in [-0.1, -0.05) is 12.1 Å². The molecule has 0 radical (unpaired) electrons. The van der Waals surface area contributed by atoms with Crippen molar-refractivity contribution in [3.8, 4) is 0 Å². The summed E-state index contributed by atoms with van der Waals surface area (Å²) in [6, 6.07) is 1.77. The molecule has 3 aliphatic rings. The van der Waals surface area contributed by atoms with Crippen molar-refractivity contribution in [2.24, 2.45) is 5.92 Å². The van der Waals surface area contributed by atoms with E-state index in [0.29, 0.717) is 51.0 Å². The van der Waals surface area contributed by atoms with Crippen molar-refractivity contribution in [1.29, 1.82) is 0 Å². The molecule has 0 bridgehead atoms. The van der Waals surface area contributed by atoms with Crippen LogP contribution in [0.15, 0.2) is 10.6 Å². The lowest BCUT2D eigenvalue weighted by molar-refractivity contribution is -0.136. The largest absolute Gasteiger partial charge is 0.378 e. The fraction of sp³-hybridized carbons (Fsp3) is 0.722. The van der Waals surface area contributed by atoms with Crippen LogP contribution in [-0.4, -0.2) is 78.8 Å². The van der Waals surface area contributed by atoms with Gasteiger partial charge in [0, 0.05) is 44.2 Å². The first-order valence-electron chi connectivity index (χ1n) is 9.45. The molecule has 142 valence electrons. The van der Waals surface area contributed by atoms with Crippen molar-refractivity contribution in [1.82, 2.24) is 20.3 Å². The van der Waals surface area contributed by atoms with Gasteiger partial charge in [-0.25, -0.2) is 0 Å². The second-order valence-electron chi connectivity index (χ2n) is 7.63. The van der Waals surface area contributed by atoms with E-state index >= 15 is 0 Å². The molecule has 3 fully saturated rings. The quantitative estimate of drug-likeness (QED) is 0.819. The summed E-state index contributed by atoms with van der Waals surface area (Å²) in [5.41, 5.74) is 0.349. The van der Waals surface area contributed by atoms with E-state index in [2.05, 4.69) is 22.3 Å². The van der Waals surface area contributed by atoms with Crippen molar-refractivity contribution in [2.75, 3.05) is 45.9 Å². The number of carbonyl (C=O) groups excluding carboxylic acids is 2. The van der Waals surface area contributed by atoms with Crippen LogP contribution in [0.5, 0.6) is 0 Å². The Hall–Kier alpha value is -1.93. The molecule has 1 N–H and O–H groups in total. The summed E-state index contributed by atoms with van der Waals surface area (Å²) in [6.45, 7) is 6.52. The molecular formula is C18H26N4O4. The number of likely N-dealkylation sites (tertiary alicyclic amines) is 1. The number of rotatable bonds is 5. The number of hydrogen-bond donors (Lipinski definition) is 1. The highest BCUT2D eigenvalue weighted by Crippen LogP contribution is 2.40. The maximum absolute atomic E-state index is 12.4. The molecule has 2 amide bonds. The number of ether oxygens (including phenoxy) is 1. The zero-order valence-corrected chi connectivity index (χ0v) is 15.1. The van der Waals surface area contributed by atoms with Crippen LogP contribution in [0.1, 0.15) is 41.9 Å². The molecule has 3 heterocycles. The minimum atomic E-state index is -0.196. The number of carbonyl (C=O) groups is 2. The fourth-order valence-electron chi connectivity index (χ4n) is 3.69. The molecule has 8 nitrogen and oxygen atoms in total. The van der Waals surface area contributed by atoms with Crippen molar-refractivity contribution >= 4 is 11.8 Å². The van der Waals surface area contributed by atoms with Crippen molar-refractivity contribution < 1.29 is 18.8 Å². The smallest absolute Gasteiger partial charge is 0.273 e. The lowest BCUT2D eigenvalue weighted by atomic mass is 10.1. The second-order valence-corrected chi connectivity index (χ2v) is 7.63. The molecule has 1 aromatic heterocycles. The second kappa shape index (κ2) is 7.36. The van der Waals surface area contributed by atoms with Gasteiger partial charge in [0.25, 0.3) is 5.91 Å². The van der Waals surface area contributed by atoms with Gasteiger partial charge >= 0.3 is 0 Å². The molecule has 1 aliphatic carbocycles. The number of nitrogens with zero attached hydrogens (tertiary/aromatic N) is 3. The third-order valence-corrected chi connectivity index (χ3v) is 5.47. The monoisotopic (exact) mass is 362 g/mol. The maximum Gasteiger partial charge on any atom is 0.273 e. The fourth-order valence-corrected chi connectivity index (χ4v) is 3.69. The third-order valence-electron chi connectivity index (χ3n) is 5.47. The first-order chi connectivity index (χ1) is 12.6. The Kier molecular flexibility index (Phi) is 4.95. The Labute approximate surface area is 152 Å². The van der Waals surface area contributed by atoms with E-state index in [1.165, 1.54) is 0 Å². The first-order valence-corrected chi connectivity index (χ1v) is 9.45. The number of hydrogen-bond acceptors (Lipinski definition) is 6. The van der Waals surface area contributed by atoms with Gasteiger partial charge in [0.05, 0.1) is 19.8 Å². The molecule has 26 heavy (non-hydrogen) atoms. The van der Waals surface area contributed by atoms with Gasteiger partial charge in [-0.3, -0.25) is 14.5 Å². The van der Waals surface area contributed by atoms with Gasteiger partial charge in [0.2, 0.25) is 5.91 Å². The van der Waals surface area contributed by atoms with Gasteiger partial charge in [-0.05, 0) is 18.8 Å². The van der Waals surface area contributed by atoms with Crippen LogP contribution in [0, 0.1) is 5.92 Å². The van der Waals surface area contributed by atoms with Crippen LogP contribution in [0.25, 0.3) is 0 Å². The number of nitrogens with one attached hydrogen (secondary N) is 1. The van der Waals surface area contributed by atoms with Crippen molar-refractivity contribution in [3.05, 3.63) is 17.5 Å². The summed E-state index contributed by atoms with van der Waals surface area (Å²) in [5, 5.41) is 6.95. The van der Waals surface area contributed by atoms with E-state index in [0.717, 1.165) is 25.1 Å². The Bertz CT molecular complexity index is 666. The summed E-state index contributed by atoms with van der Waals surface area (Å²) >= 11 is 0. The summed E-state index contributed by atoms with van der Waals surface area (Å²) in [4.78, 5) is 28.8. The minimum Gasteiger partial charge on any atom is -0.378 e. The van der Waals surface area contributed by atoms with Crippen LogP contribution in [0.2, 0.25) is 0 Å². The van der Waals surface area contributed by atoms with Crippen LogP contribution in [-0.2, 0) is 9.53 Å². The molecule has 0 spiro atoms. The predicted molar refractivity (Wildman–Crippen MR) is 92.7 cm³/mol. The highest BCUT2D eigenvalue weighted by atomic mass is 16.5. The summed E-state index contributed by atoms with van der Waals surface area (Å²) in [7, 11) is 0. The molecule has 1 aromatic rings. The summed E-state index contributed by atoms with van der Waals surface area (Å²) in [6.07, 6.45) is 2.23. The third kappa shape index (κ3) is 3.91. The molecule has 2 unspecified atom stereocenters. The molecule has 2 atom stereocenters. The topological polar surface area (TPSA) is 87.9 Å². The Balaban J connectivity index is 1.28. The van der Waals surface area contributed by atoms with Gasteiger partial charge in [-0.2, -0.15) is 0 Å². The molecule has 8 heteroatoms.